The first-order valence-electron chi connectivity index (χ1n) is 9.17. The Bertz CT molecular complexity index is 696. The minimum atomic E-state index is 0. The molecule has 2 rings (SSSR count). The summed E-state index contributed by atoms with van der Waals surface area (Å²) in [5.41, 5.74) is 1.02. The molecule has 0 aliphatic carbocycles. The van der Waals surface area contributed by atoms with Crippen molar-refractivity contribution < 1.29 is 13.9 Å². The monoisotopic (exact) mass is 521 g/mol. The Labute approximate surface area is 189 Å². The van der Waals surface area contributed by atoms with Crippen LogP contribution in [-0.4, -0.2) is 39.4 Å². The van der Waals surface area contributed by atoms with E-state index in [4.69, 9.17) is 25.5 Å². The second-order valence-electron chi connectivity index (χ2n) is 5.87. The van der Waals surface area contributed by atoms with Crippen LogP contribution in [0.15, 0.2) is 46.0 Å². The summed E-state index contributed by atoms with van der Waals surface area (Å²) in [7, 11) is 1.60. The van der Waals surface area contributed by atoms with Crippen LogP contribution in [0.2, 0.25) is 5.02 Å². The lowest BCUT2D eigenvalue weighted by Gasteiger charge is -2.12. The van der Waals surface area contributed by atoms with E-state index in [0.29, 0.717) is 17.3 Å². The summed E-state index contributed by atoms with van der Waals surface area (Å²) in [5.74, 6) is 2.36. The zero-order valence-electron chi connectivity index (χ0n) is 16.4. The summed E-state index contributed by atoms with van der Waals surface area (Å²) in [6.07, 6.45) is 3.39. The van der Waals surface area contributed by atoms with E-state index in [1.54, 1.807) is 13.4 Å². The molecule has 0 atom stereocenters. The summed E-state index contributed by atoms with van der Waals surface area (Å²) in [6, 6.07) is 9.55. The SMILES string of the molecule is CCOCCCNC(=NCc1ccc(OC)c(Cl)c1)NCCc1ccco1.I. The number of aliphatic imine (C=N–C) groups is 1. The first kappa shape index (κ1) is 24.6. The summed E-state index contributed by atoms with van der Waals surface area (Å²) >= 11 is 6.19. The Hall–Kier alpha value is -1.45. The maximum absolute atomic E-state index is 6.19. The van der Waals surface area contributed by atoms with Gasteiger partial charge in [-0.15, -0.1) is 24.0 Å². The van der Waals surface area contributed by atoms with Gasteiger partial charge in [-0.05, 0) is 43.2 Å². The van der Waals surface area contributed by atoms with E-state index >= 15 is 0 Å². The van der Waals surface area contributed by atoms with Crippen LogP contribution in [0.4, 0.5) is 0 Å². The molecule has 1 heterocycles. The second-order valence-corrected chi connectivity index (χ2v) is 6.27. The molecule has 2 N–H and O–H groups in total. The van der Waals surface area contributed by atoms with E-state index in [1.807, 2.05) is 37.3 Å². The van der Waals surface area contributed by atoms with Gasteiger partial charge in [0, 0.05) is 32.7 Å². The third-order valence-corrected chi connectivity index (χ3v) is 4.14. The molecule has 0 spiro atoms. The van der Waals surface area contributed by atoms with Gasteiger partial charge in [-0.1, -0.05) is 17.7 Å². The van der Waals surface area contributed by atoms with E-state index in [9.17, 15) is 0 Å². The van der Waals surface area contributed by atoms with Crippen molar-refractivity contribution in [3.05, 3.63) is 52.9 Å². The second kappa shape index (κ2) is 14.5. The third kappa shape index (κ3) is 9.16. The smallest absolute Gasteiger partial charge is 0.191 e. The molecule has 156 valence electrons. The number of hydrogen-bond donors (Lipinski definition) is 2. The van der Waals surface area contributed by atoms with E-state index in [2.05, 4.69) is 15.6 Å². The first-order valence-corrected chi connectivity index (χ1v) is 9.55. The van der Waals surface area contributed by atoms with Crippen LogP contribution >= 0.6 is 35.6 Å². The van der Waals surface area contributed by atoms with Crippen molar-refractivity contribution >= 4 is 41.5 Å². The van der Waals surface area contributed by atoms with Gasteiger partial charge in [0.1, 0.15) is 11.5 Å². The average molecular weight is 522 g/mol. The summed E-state index contributed by atoms with van der Waals surface area (Å²) < 4.78 is 15.9. The zero-order chi connectivity index (χ0) is 19.3. The number of methoxy groups -OCH3 is 1. The van der Waals surface area contributed by atoms with E-state index in [-0.39, 0.29) is 24.0 Å². The number of halogens is 2. The number of guanidine groups is 1. The highest BCUT2D eigenvalue weighted by molar-refractivity contribution is 14.0. The molecule has 0 aliphatic rings. The molecule has 6 nitrogen and oxygen atoms in total. The highest BCUT2D eigenvalue weighted by Crippen LogP contribution is 2.25. The molecule has 28 heavy (non-hydrogen) atoms. The number of ether oxygens (including phenoxy) is 2. The third-order valence-electron chi connectivity index (χ3n) is 3.84. The van der Waals surface area contributed by atoms with Gasteiger partial charge in [-0.25, -0.2) is 4.99 Å². The van der Waals surface area contributed by atoms with Gasteiger partial charge in [0.05, 0.1) is 24.9 Å². The van der Waals surface area contributed by atoms with Crippen molar-refractivity contribution in [1.29, 1.82) is 0 Å². The normalized spacial score (nSPS) is 11.0. The Morgan fingerprint density at radius 3 is 2.71 bits per heavy atom. The molecule has 0 bridgehead atoms. The maximum atomic E-state index is 6.19. The molecule has 0 saturated heterocycles. The molecule has 0 unspecified atom stereocenters. The van der Waals surface area contributed by atoms with Crippen LogP contribution in [-0.2, 0) is 17.7 Å². The van der Waals surface area contributed by atoms with Crippen LogP contribution in [0, 0.1) is 0 Å². The minimum absolute atomic E-state index is 0. The summed E-state index contributed by atoms with van der Waals surface area (Å²) in [5, 5.41) is 7.26. The lowest BCUT2D eigenvalue weighted by molar-refractivity contribution is 0.145. The van der Waals surface area contributed by atoms with Crippen molar-refractivity contribution in [1.82, 2.24) is 10.6 Å². The minimum Gasteiger partial charge on any atom is -0.495 e. The topological polar surface area (TPSA) is 68.0 Å². The van der Waals surface area contributed by atoms with Gasteiger partial charge >= 0.3 is 0 Å². The predicted octanol–water partition coefficient (Wildman–Crippen LogP) is 4.26. The fourth-order valence-corrected chi connectivity index (χ4v) is 2.72. The number of benzene rings is 1. The van der Waals surface area contributed by atoms with Crippen LogP contribution < -0.4 is 15.4 Å². The molecular weight excluding hydrogens is 493 g/mol. The number of nitrogens with one attached hydrogen (secondary N) is 2. The Kier molecular flexibility index (Phi) is 12.8. The molecule has 0 saturated carbocycles. The van der Waals surface area contributed by atoms with E-state index in [1.165, 1.54) is 0 Å². The van der Waals surface area contributed by atoms with Crippen molar-refractivity contribution in [3.63, 3.8) is 0 Å². The van der Waals surface area contributed by atoms with Gasteiger partial charge in [-0.3, -0.25) is 0 Å². The van der Waals surface area contributed by atoms with Gasteiger partial charge < -0.3 is 24.5 Å². The quantitative estimate of drug-likeness (QED) is 0.200. The maximum Gasteiger partial charge on any atom is 0.191 e. The molecule has 1 aromatic carbocycles. The zero-order valence-corrected chi connectivity index (χ0v) is 19.5. The molecule has 1 aromatic heterocycles. The van der Waals surface area contributed by atoms with Crippen LogP contribution in [0.1, 0.15) is 24.7 Å². The van der Waals surface area contributed by atoms with E-state index < -0.39 is 0 Å². The van der Waals surface area contributed by atoms with Crippen molar-refractivity contribution in [2.24, 2.45) is 4.99 Å². The highest BCUT2D eigenvalue weighted by Gasteiger charge is 2.04. The Morgan fingerprint density at radius 2 is 2.04 bits per heavy atom. The standard InChI is InChI=1S/C20H28ClN3O3.HI/c1-3-26-12-5-10-22-20(23-11-9-17-6-4-13-27-17)24-15-16-7-8-19(25-2)18(21)14-16;/h4,6-8,13-14H,3,5,9-12,15H2,1-2H3,(H2,22,23,24);1H. The summed E-state index contributed by atoms with van der Waals surface area (Å²) in [6.45, 7) is 5.50. The largest absolute Gasteiger partial charge is 0.495 e. The van der Waals surface area contributed by atoms with Gasteiger partial charge in [0.2, 0.25) is 0 Å². The fourth-order valence-electron chi connectivity index (χ4n) is 2.44. The molecule has 0 fully saturated rings. The average Bonchev–Trinajstić information content (AvgIpc) is 3.19. The number of furan rings is 1. The van der Waals surface area contributed by atoms with Crippen molar-refractivity contribution in [3.8, 4) is 5.75 Å². The van der Waals surface area contributed by atoms with Crippen LogP contribution in [0.25, 0.3) is 0 Å². The van der Waals surface area contributed by atoms with Crippen LogP contribution in [0.5, 0.6) is 5.75 Å². The van der Waals surface area contributed by atoms with Gasteiger partial charge in [-0.2, -0.15) is 0 Å². The molecule has 2 aromatic rings. The Morgan fingerprint density at radius 1 is 1.21 bits per heavy atom. The lowest BCUT2D eigenvalue weighted by atomic mass is 10.2. The number of nitrogens with zero attached hydrogens (tertiary/aromatic N) is 1. The van der Waals surface area contributed by atoms with Crippen molar-refractivity contribution in [2.45, 2.75) is 26.3 Å². The predicted molar refractivity (Wildman–Crippen MR) is 124 cm³/mol. The molecule has 0 radical (unpaired) electrons. The number of hydrogen-bond acceptors (Lipinski definition) is 4. The number of rotatable bonds is 11. The van der Waals surface area contributed by atoms with Crippen molar-refractivity contribution in [2.75, 3.05) is 33.4 Å². The highest BCUT2D eigenvalue weighted by atomic mass is 127. The van der Waals surface area contributed by atoms with E-state index in [0.717, 1.165) is 56.4 Å². The Balaban J connectivity index is 0.00000392. The van der Waals surface area contributed by atoms with Gasteiger partial charge in [0.15, 0.2) is 5.96 Å². The van der Waals surface area contributed by atoms with Gasteiger partial charge in [0.25, 0.3) is 0 Å². The molecule has 8 heteroatoms. The van der Waals surface area contributed by atoms with Crippen LogP contribution in [0.3, 0.4) is 0 Å². The molecular formula is C20H29ClIN3O3. The first-order chi connectivity index (χ1) is 13.2. The summed E-state index contributed by atoms with van der Waals surface area (Å²) in [4.78, 5) is 4.65. The fraction of sp³-hybridized carbons (Fsp3) is 0.450. The lowest BCUT2D eigenvalue weighted by Crippen LogP contribution is -2.39. The molecule has 0 amide bonds. The molecule has 0 aliphatic heterocycles.